The number of carbonyl (C=O) groups excluding carboxylic acids is 1. The Morgan fingerprint density at radius 1 is 1.37 bits per heavy atom. The fraction of sp³-hybridized carbons (Fsp3) is 0.250. The number of rotatable bonds is 3. The molecule has 0 aliphatic rings. The molecule has 2 amide bonds. The van der Waals surface area contributed by atoms with Gasteiger partial charge in [-0.1, -0.05) is 12.1 Å². The highest BCUT2D eigenvalue weighted by atomic mass is 32.1. The minimum absolute atomic E-state index is 0.227. The number of nitrogens with zero attached hydrogens (tertiary/aromatic N) is 2. The van der Waals surface area contributed by atoms with Crippen molar-refractivity contribution in [1.29, 1.82) is 0 Å². The highest BCUT2D eigenvalue weighted by Crippen LogP contribution is 2.14. The smallest absolute Gasteiger partial charge is 0.321 e. The first-order chi connectivity index (χ1) is 9.04. The molecule has 0 unspecified atom stereocenters. The number of halogens is 1. The van der Waals surface area contributed by atoms with Crippen LogP contribution in [0, 0.1) is 12.7 Å². The second-order valence-corrected chi connectivity index (χ2v) is 4.77. The van der Waals surface area contributed by atoms with E-state index in [-0.39, 0.29) is 17.9 Å². The summed E-state index contributed by atoms with van der Waals surface area (Å²) in [4.78, 5) is 15.7. The van der Waals surface area contributed by atoms with Gasteiger partial charge in [0.2, 0.25) is 5.13 Å². The first-order valence-electron chi connectivity index (χ1n) is 5.68. The fourth-order valence-electron chi connectivity index (χ4n) is 1.51. The van der Waals surface area contributed by atoms with Gasteiger partial charge in [-0.05, 0) is 31.5 Å². The normalized spacial score (nSPS) is 11.9. The molecule has 2 rings (SSSR count). The number of anilines is 1. The van der Waals surface area contributed by atoms with E-state index in [1.807, 2.05) is 6.92 Å². The molecule has 1 atom stereocenters. The molecule has 19 heavy (non-hydrogen) atoms. The molecule has 1 heterocycles. The van der Waals surface area contributed by atoms with Crippen LogP contribution in [0.4, 0.5) is 14.3 Å². The van der Waals surface area contributed by atoms with E-state index in [1.54, 1.807) is 19.1 Å². The summed E-state index contributed by atoms with van der Waals surface area (Å²) < 4.78 is 16.8. The van der Waals surface area contributed by atoms with E-state index in [0.29, 0.717) is 11.0 Å². The predicted molar refractivity (Wildman–Crippen MR) is 71.6 cm³/mol. The largest absolute Gasteiger partial charge is 0.331 e. The molecular formula is C12H13FN4OS. The van der Waals surface area contributed by atoms with Crippen molar-refractivity contribution in [3.8, 4) is 0 Å². The van der Waals surface area contributed by atoms with Crippen molar-refractivity contribution in [2.24, 2.45) is 0 Å². The van der Waals surface area contributed by atoms with Crippen LogP contribution in [0.3, 0.4) is 0 Å². The molecule has 1 aromatic heterocycles. The van der Waals surface area contributed by atoms with Gasteiger partial charge in [0.1, 0.15) is 11.6 Å². The lowest BCUT2D eigenvalue weighted by molar-refractivity contribution is 0.249. The van der Waals surface area contributed by atoms with Crippen LogP contribution in [0.15, 0.2) is 24.3 Å². The zero-order chi connectivity index (χ0) is 13.8. The third-order valence-corrected chi connectivity index (χ3v) is 3.19. The topological polar surface area (TPSA) is 66.9 Å². The van der Waals surface area contributed by atoms with Crippen LogP contribution >= 0.6 is 11.5 Å². The second-order valence-electron chi connectivity index (χ2n) is 4.02. The van der Waals surface area contributed by atoms with Crippen LogP contribution in [0.2, 0.25) is 0 Å². The van der Waals surface area contributed by atoms with E-state index in [1.165, 1.54) is 12.1 Å². The van der Waals surface area contributed by atoms with Gasteiger partial charge in [0.15, 0.2) is 0 Å². The number of amides is 2. The van der Waals surface area contributed by atoms with Crippen molar-refractivity contribution in [1.82, 2.24) is 14.7 Å². The van der Waals surface area contributed by atoms with E-state index < -0.39 is 0 Å². The summed E-state index contributed by atoms with van der Waals surface area (Å²) in [6.07, 6.45) is 0. The number of hydrogen-bond acceptors (Lipinski definition) is 4. The Balaban J connectivity index is 1.93. The number of hydrogen-bond donors (Lipinski definition) is 2. The van der Waals surface area contributed by atoms with Gasteiger partial charge in [-0.15, -0.1) is 0 Å². The molecule has 0 fully saturated rings. The Morgan fingerprint density at radius 2 is 2.05 bits per heavy atom. The van der Waals surface area contributed by atoms with Gasteiger partial charge in [-0.25, -0.2) is 14.2 Å². The number of carbonyl (C=O) groups is 1. The van der Waals surface area contributed by atoms with Crippen LogP contribution in [0.5, 0.6) is 0 Å². The number of benzene rings is 1. The average molecular weight is 280 g/mol. The van der Waals surface area contributed by atoms with Crippen molar-refractivity contribution in [2.45, 2.75) is 19.9 Å². The zero-order valence-corrected chi connectivity index (χ0v) is 11.3. The lowest BCUT2D eigenvalue weighted by Crippen LogP contribution is -2.31. The lowest BCUT2D eigenvalue weighted by atomic mass is 10.1. The average Bonchev–Trinajstić information content (AvgIpc) is 2.75. The van der Waals surface area contributed by atoms with E-state index in [9.17, 15) is 9.18 Å². The second kappa shape index (κ2) is 5.75. The minimum Gasteiger partial charge on any atom is -0.331 e. The van der Waals surface area contributed by atoms with Gasteiger partial charge >= 0.3 is 6.03 Å². The first kappa shape index (κ1) is 13.4. The molecule has 0 spiro atoms. The summed E-state index contributed by atoms with van der Waals surface area (Å²) in [5.41, 5.74) is 0.824. The molecule has 7 heteroatoms. The van der Waals surface area contributed by atoms with Crippen molar-refractivity contribution in [3.05, 3.63) is 41.5 Å². The van der Waals surface area contributed by atoms with Crippen molar-refractivity contribution < 1.29 is 9.18 Å². The Morgan fingerprint density at radius 3 is 2.63 bits per heavy atom. The van der Waals surface area contributed by atoms with E-state index in [0.717, 1.165) is 17.1 Å². The van der Waals surface area contributed by atoms with Crippen molar-refractivity contribution in [3.63, 3.8) is 0 Å². The molecule has 0 bridgehead atoms. The molecule has 0 aliphatic carbocycles. The monoisotopic (exact) mass is 280 g/mol. The molecule has 0 saturated carbocycles. The maximum absolute atomic E-state index is 12.8. The molecule has 5 nitrogen and oxygen atoms in total. The number of urea groups is 1. The summed E-state index contributed by atoms with van der Waals surface area (Å²) >= 11 is 1.12. The Kier molecular flexibility index (Phi) is 4.06. The standard InChI is InChI=1S/C12H13FN4OS/c1-7(9-3-5-10(13)6-4-9)14-11(18)16-12-15-8(2)17-19-12/h3-7H,1-2H3,(H2,14,15,16,17,18)/t7-/m1/s1. The van der Waals surface area contributed by atoms with Crippen LogP contribution in [0.1, 0.15) is 24.4 Å². The predicted octanol–water partition coefficient (Wildman–Crippen LogP) is 2.87. The maximum atomic E-state index is 12.8. The third-order valence-electron chi connectivity index (χ3n) is 2.47. The van der Waals surface area contributed by atoms with Crippen LogP contribution < -0.4 is 10.6 Å². The van der Waals surface area contributed by atoms with E-state index in [4.69, 9.17) is 0 Å². The summed E-state index contributed by atoms with van der Waals surface area (Å²) in [7, 11) is 0. The number of aromatic nitrogens is 2. The van der Waals surface area contributed by atoms with Gasteiger partial charge in [-0.2, -0.15) is 4.37 Å². The van der Waals surface area contributed by atoms with Gasteiger partial charge < -0.3 is 5.32 Å². The van der Waals surface area contributed by atoms with E-state index >= 15 is 0 Å². The highest BCUT2D eigenvalue weighted by molar-refractivity contribution is 7.09. The SMILES string of the molecule is Cc1nsc(NC(=O)N[C@H](C)c2ccc(F)cc2)n1. The Labute approximate surface area is 114 Å². The van der Waals surface area contributed by atoms with Crippen molar-refractivity contribution in [2.75, 3.05) is 5.32 Å². The molecule has 0 radical (unpaired) electrons. The van der Waals surface area contributed by atoms with Gasteiger partial charge in [0.25, 0.3) is 0 Å². The molecule has 2 aromatic rings. The van der Waals surface area contributed by atoms with Gasteiger partial charge in [-0.3, -0.25) is 5.32 Å². The Hall–Kier alpha value is -2.02. The highest BCUT2D eigenvalue weighted by Gasteiger charge is 2.11. The van der Waals surface area contributed by atoms with Gasteiger partial charge in [0, 0.05) is 11.5 Å². The van der Waals surface area contributed by atoms with Crippen LogP contribution in [-0.2, 0) is 0 Å². The molecule has 2 N–H and O–H groups in total. The summed E-state index contributed by atoms with van der Waals surface area (Å²) in [6, 6.07) is 5.40. The van der Waals surface area contributed by atoms with E-state index in [2.05, 4.69) is 20.0 Å². The minimum atomic E-state index is -0.368. The van der Waals surface area contributed by atoms with Crippen LogP contribution in [-0.4, -0.2) is 15.4 Å². The zero-order valence-electron chi connectivity index (χ0n) is 10.5. The van der Waals surface area contributed by atoms with Crippen LogP contribution in [0.25, 0.3) is 0 Å². The summed E-state index contributed by atoms with van der Waals surface area (Å²) in [5.74, 6) is 0.316. The molecule has 1 aromatic carbocycles. The summed E-state index contributed by atoms with van der Waals surface area (Å²) in [5, 5.41) is 5.78. The van der Waals surface area contributed by atoms with Gasteiger partial charge in [0.05, 0.1) is 6.04 Å². The molecule has 100 valence electrons. The molecule has 0 saturated heterocycles. The molecular weight excluding hydrogens is 267 g/mol. The molecule has 0 aliphatic heterocycles. The number of aryl methyl sites for hydroxylation is 1. The van der Waals surface area contributed by atoms with Crippen molar-refractivity contribution >= 4 is 22.7 Å². The quantitative estimate of drug-likeness (QED) is 0.908. The fourth-order valence-corrected chi connectivity index (χ4v) is 2.08. The summed E-state index contributed by atoms with van der Waals surface area (Å²) in [6.45, 7) is 3.57. The third kappa shape index (κ3) is 3.72. The first-order valence-corrected chi connectivity index (χ1v) is 6.45. The lowest BCUT2D eigenvalue weighted by Gasteiger charge is -2.14. The Bertz CT molecular complexity index is 569. The number of nitrogens with one attached hydrogen (secondary N) is 2. The maximum Gasteiger partial charge on any atom is 0.321 e.